The molecule has 0 aliphatic heterocycles. The SMILES string of the molecule is Cl.Cl.[CH3][Zr]([CH3])(=[SiH2])([CH]1C(C2CC2)=Cc2c(-c3ccccc3)cccc21)[CH]1C(C2CC2)=Cc2c1cccc2-n1c2ccccc2c2ccccc21. The number of aromatic nitrogens is 1. The van der Waals surface area contributed by atoms with E-state index in [0.717, 1.165) is 11.8 Å². The van der Waals surface area contributed by atoms with Crippen LogP contribution in [0, 0.1) is 11.8 Å². The van der Waals surface area contributed by atoms with Crippen LogP contribution >= 0.6 is 24.8 Å². The maximum absolute atomic E-state index is 3.72. The van der Waals surface area contributed by atoms with Crippen molar-refractivity contribution >= 4 is 65.7 Å². The summed E-state index contributed by atoms with van der Waals surface area (Å²) >= 11 is -3.72. The van der Waals surface area contributed by atoms with E-state index in [-0.39, 0.29) is 24.8 Å². The summed E-state index contributed by atoms with van der Waals surface area (Å²) in [5.74, 6) is 1.49. The molecule has 0 spiro atoms. The fourth-order valence-corrected chi connectivity index (χ4v) is 29.3. The standard InChI is InChI=1S/C24H18N.C18H15.2CH3.2ClH.H2Si.Zr/c1-3-9-22-19(7-1)20-8-2-4-10-23(20)25(22)24-11-5-6-17-14-18(15-21(17)24)16-12-13-16;1-2-5-14(6-3-1)17-8-4-7-15-11-16(12-18(15)17)13-9-10-13;;;;;;/h1-11,14-16H,12-13H2;1-8,11-13H,9-10H2;2*1H3;2*1H;1H2;. The molecule has 246 valence electrons. The number of hydrogen-bond donors (Lipinski definition) is 0. The number of fused-ring (bicyclic) bond motifs is 5. The van der Waals surface area contributed by atoms with Crippen LogP contribution in [0.4, 0.5) is 0 Å². The van der Waals surface area contributed by atoms with Gasteiger partial charge in [0, 0.05) is 0 Å². The summed E-state index contributed by atoms with van der Waals surface area (Å²) < 4.78 is 9.38. The van der Waals surface area contributed by atoms with Crippen molar-refractivity contribution in [2.45, 2.75) is 42.2 Å². The fraction of sp³-hybridized carbons (Fsp3) is 0.227. The zero-order valence-electron chi connectivity index (χ0n) is 28.2. The van der Waals surface area contributed by atoms with Crippen LogP contribution in [0.2, 0.25) is 9.26 Å². The topological polar surface area (TPSA) is 4.93 Å². The summed E-state index contributed by atoms with van der Waals surface area (Å²) in [5.41, 5.74) is 16.5. The van der Waals surface area contributed by atoms with E-state index in [1.165, 1.54) is 75.4 Å². The number of hydrogen-bond acceptors (Lipinski definition) is 0. The van der Waals surface area contributed by atoms with Crippen molar-refractivity contribution in [3.05, 3.63) is 149 Å². The molecule has 4 aliphatic carbocycles. The molecular weight excluding hydrogens is 733 g/mol. The molecule has 2 atom stereocenters. The number of rotatable bonds is 6. The maximum atomic E-state index is 2.84. The molecule has 4 aliphatic rings. The molecule has 0 N–H and O–H groups in total. The van der Waals surface area contributed by atoms with Gasteiger partial charge in [-0.1, -0.05) is 0 Å². The molecule has 2 unspecified atom stereocenters. The van der Waals surface area contributed by atoms with E-state index in [9.17, 15) is 0 Å². The summed E-state index contributed by atoms with van der Waals surface area (Å²) in [4.78, 5) is 0. The van der Waals surface area contributed by atoms with Crippen LogP contribution in [0.5, 0.6) is 0 Å². The van der Waals surface area contributed by atoms with Gasteiger partial charge in [-0.05, 0) is 0 Å². The van der Waals surface area contributed by atoms with Crippen LogP contribution in [-0.2, 0) is 17.4 Å². The summed E-state index contributed by atoms with van der Waals surface area (Å²) in [7, 11) is 0. The molecule has 0 amide bonds. The van der Waals surface area contributed by atoms with Gasteiger partial charge in [0.25, 0.3) is 0 Å². The van der Waals surface area contributed by atoms with Crippen LogP contribution < -0.4 is 0 Å². The van der Waals surface area contributed by atoms with E-state index in [2.05, 4.69) is 148 Å². The summed E-state index contributed by atoms with van der Waals surface area (Å²) in [6.07, 6.45) is 10.8. The van der Waals surface area contributed by atoms with Crippen molar-refractivity contribution in [1.82, 2.24) is 4.57 Å². The van der Waals surface area contributed by atoms with Crippen LogP contribution in [0.15, 0.2) is 126 Å². The number of allylic oxidation sites excluding steroid dienone is 2. The van der Waals surface area contributed by atoms with E-state index >= 15 is 0 Å². The molecule has 6 aromatic rings. The third kappa shape index (κ3) is 5.02. The molecule has 10 rings (SSSR count). The molecule has 2 fully saturated rings. The quantitative estimate of drug-likeness (QED) is 0.149. The molecular formula is C44H43Cl2NSiZr. The van der Waals surface area contributed by atoms with Gasteiger partial charge in [-0.15, -0.1) is 24.8 Å². The summed E-state index contributed by atoms with van der Waals surface area (Å²) in [6, 6.07) is 43.6. The van der Waals surface area contributed by atoms with E-state index < -0.39 is 17.4 Å². The van der Waals surface area contributed by atoms with E-state index in [4.69, 9.17) is 0 Å². The van der Waals surface area contributed by atoms with Gasteiger partial charge < -0.3 is 0 Å². The number of para-hydroxylation sites is 2. The minimum atomic E-state index is -3.72. The van der Waals surface area contributed by atoms with Crippen molar-refractivity contribution in [3.63, 3.8) is 0 Å². The van der Waals surface area contributed by atoms with Gasteiger partial charge in [-0.3, -0.25) is 0 Å². The molecule has 0 saturated heterocycles. The molecule has 49 heavy (non-hydrogen) atoms. The zero-order chi connectivity index (χ0) is 31.5. The molecule has 1 aromatic heterocycles. The van der Waals surface area contributed by atoms with Crippen LogP contribution in [-0.4, -0.2) is 11.4 Å². The average molecular weight is 776 g/mol. The van der Waals surface area contributed by atoms with E-state index in [0.29, 0.717) is 7.25 Å². The Morgan fingerprint density at radius 1 is 0.551 bits per heavy atom. The average Bonchev–Trinajstić information content (AvgIpc) is 4.01. The first-order chi connectivity index (χ1) is 22.9. The number of halogens is 2. The Kier molecular flexibility index (Phi) is 8.01. The zero-order valence-corrected chi connectivity index (χ0v) is 33.7. The molecule has 5 aromatic carbocycles. The molecule has 1 nitrogen and oxygen atoms in total. The Bertz CT molecular complexity index is 2370. The van der Waals surface area contributed by atoms with Gasteiger partial charge in [-0.2, -0.15) is 0 Å². The van der Waals surface area contributed by atoms with Gasteiger partial charge in [0.05, 0.1) is 0 Å². The predicted octanol–water partition coefficient (Wildman–Crippen LogP) is 12.0. The minimum absolute atomic E-state index is 0. The molecule has 1 heterocycles. The third-order valence-electron chi connectivity index (χ3n) is 12.1. The van der Waals surface area contributed by atoms with Crippen molar-refractivity contribution in [3.8, 4) is 16.8 Å². The van der Waals surface area contributed by atoms with Gasteiger partial charge in [-0.25, -0.2) is 0 Å². The molecule has 5 heteroatoms. The second kappa shape index (κ2) is 11.8. The predicted molar refractivity (Wildman–Crippen MR) is 214 cm³/mol. The van der Waals surface area contributed by atoms with Gasteiger partial charge in [0.1, 0.15) is 0 Å². The van der Waals surface area contributed by atoms with Gasteiger partial charge >= 0.3 is 282 Å². The van der Waals surface area contributed by atoms with Crippen molar-refractivity contribution in [2.75, 3.05) is 0 Å². The second-order valence-corrected chi connectivity index (χ2v) is 46.4. The van der Waals surface area contributed by atoms with Crippen LogP contribution in [0.3, 0.4) is 0 Å². The van der Waals surface area contributed by atoms with Crippen molar-refractivity contribution < 1.29 is 17.4 Å². The Labute approximate surface area is 304 Å². The normalized spacial score (nSPS) is 19.9. The molecule has 0 radical (unpaired) electrons. The van der Waals surface area contributed by atoms with Crippen LogP contribution in [0.1, 0.15) is 55.2 Å². The monoisotopic (exact) mass is 773 g/mol. The van der Waals surface area contributed by atoms with E-state index in [1.807, 2.05) is 0 Å². The van der Waals surface area contributed by atoms with Gasteiger partial charge in [0.2, 0.25) is 0 Å². The van der Waals surface area contributed by atoms with Crippen molar-refractivity contribution in [1.29, 1.82) is 0 Å². The number of nitrogens with zero attached hydrogens (tertiary/aromatic N) is 1. The van der Waals surface area contributed by atoms with Crippen LogP contribution in [0.25, 0.3) is 50.8 Å². The Morgan fingerprint density at radius 2 is 1.04 bits per heavy atom. The first kappa shape index (κ1) is 33.2. The summed E-state index contributed by atoms with van der Waals surface area (Å²) in [6.45, 7) is 2.52. The molecule has 0 bridgehead atoms. The van der Waals surface area contributed by atoms with Crippen molar-refractivity contribution in [2.24, 2.45) is 11.8 Å². The Morgan fingerprint density at radius 3 is 1.61 bits per heavy atom. The Balaban J connectivity index is 0.00000174. The fourth-order valence-electron chi connectivity index (χ4n) is 9.90. The first-order valence-corrected chi connectivity index (χ1v) is 31.4. The van der Waals surface area contributed by atoms with Gasteiger partial charge in [0.15, 0.2) is 0 Å². The second-order valence-electron chi connectivity index (χ2n) is 16.0. The van der Waals surface area contributed by atoms with E-state index in [1.54, 1.807) is 22.3 Å². The molecule has 2 saturated carbocycles. The number of benzene rings is 5. The first-order valence-electron chi connectivity index (χ1n) is 17.7. The summed E-state index contributed by atoms with van der Waals surface area (Å²) in [5, 5.41) is 2.68. The Hall–Kier alpha value is -2.94. The third-order valence-corrected chi connectivity index (χ3v) is 29.4.